The second-order valence-corrected chi connectivity index (χ2v) is 10.7. The van der Waals surface area contributed by atoms with Crippen LogP contribution in [0.3, 0.4) is 0 Å². The van der Waals surface area contributed by atoms with E-state index in [1.165, 1.54) is 0 Å². The van der Waals surface area contributed by atoms with Crippen molar-refractivity contribution in [3.8, 4) is 0 Å². The fourth-order valence-corrected chi connectivity index (χ4v) is 3.83. The van der Waals surface area contributed by atoms with Crippen LogP contribution in [0.15, 0.2) is 30.3 Å². The van der Waals surface area contributed by atoms with E-state index in [4.69, 9.17) is 5.10 Å². The monoisotopic (exact) mass is 424 g/mol. The zero-order valence-corrected chi connectivity index (χ0v) is 20.0. The Bertz CT molecular complexity index is 945. The van der Waals surface area contributed by atoms with Gasteiger partial charge in [0.15, 0.2) is 0 Å². The van der Waals surface area contributed by atoms with Crippen LogP contribution in [0.1, 0.15) is 76.0 Å². The number of nitrogens with one attached hydrogen (secondary N) is 1. The number of aromatic nitrogens is 2. The maximum absolute atomic E-state index is 13.2. The predicted molar refractivity (Wildman–Crippen MR) is 124 cm³/mol. The maximum atomic E-state index is 13.2. The molecule has 6 nitrogen and oxygen atoms in total. The van der Waals surface area contributed by atoms with Crippen molar-refractivity contribution in [3.05, 3.63) is 47.2 Å². The van der Waals surface area contributed by atoms with Gasteiger partial charge in [0.05, 0.1) is 17.2 Å². The third kappa shape index (κ3) is 5.35. The fraction of sp³-hybridized carbons (Fsp3) is 0.560. The van der Waals surface area contributed by atoms with Crippen LogP contribution in [0.4, 0.5) is 5.82 Å². The van der Waals surface area contributed by atoms with E-state index in [1.54, 1.807) is 4.90 Å². The van der Waals surface area contributed by atoms with Crippen molar-refractivity contribution >= 4 is 17.6 Å². The number of nitrogens with zero attached hydrogens (tertiary/aromatic N) is 3. The highest BCUT2D eigenvalue weighted by Gasteiger charge is 2.31. The lowest BCUT2D eigenvalue weighted by molar-refractivity contribution is -0.121. The van der Waals surface area contributed by atoms with Gasteiger partial charge < -0.3 is 10.2 Å². The molecule has 0 radical (unpaired) electrons. The summed E-state index contributed by atoms with van der Waals surface area (Å²) in [5.41, 5.74) is 2.37. The molecule has 2 amide bonds. The van der Waals surface area contributed by atoms with E-state index >= 15 is 0 Å². The molecule has 1 unspecified atom stereocenters. The van der Waals surface area contributed by atoms with Gasteiger partial charge in [0.2, 0.25) is 5.91 Å². The molecule has 31 heavy (non-hydrogen) atoms. The molecule has 1 saturated heterocycles. The number of hydrogen-bond acceptors (Lipinski definition) is 3. The van der Waals surface area contributed by atoms with Gasteiger partial charge in [-0.1, -0.05) is 38.5 Å². The first-order valence-electron chi connectivity index (χ1n) is 11.1. The van der Waals surface area contributed by atoms with Crippen molar-refractivity contribution in [1.82, 2.24) is 14.7 Å². The van der Waals surface area contributed by atoms with Crippen LogP contribution in [0.2, 0.25) is 0 Å². The number of carbonyl (C=O) groups is 2. The second kappa shape index (κ2) is 8.48. The fourth-order valence-electron chi connectivity index (χ4n) is 3.83. The second-order valence-electron chi connectivity index (χ2n) is 10.7. The first-order chi connectivity index (χ1) is 14.4. The Morgan fingerprint density at radius 2 is 1.71 bits per heavy atom. The summed E-state index contributed by atoms with van der Waals surface area (Å²) in [5, 5.41) is 7.89. The predicted octanol–water partition coefficient (Wildman–Crippen LogP) is 4.73. The lowest BCUT2D eigenvalue weighted by Gasteiger charge is -2.32. The molecule has 1 aliphatic rings. The summed E-state index contributed by atoms with van der Waals surface area (Å²) in [7, 11) is 0. The summed E-state index contributed by atoms with van der Waals surface area (Å²) in [5.74, 6) is 0.425. The van der Waals surface area contributed by atoms with Gasteiger partial charge in [-0.15, -0.1) is 0 Å². The highest BCUT2D eigenvalue weighted by atomic mass is 16.2. The van der Waals surface area contributed by atoms with Gasteiger partial charge in [-0.05, 0) is 52.7 Å². The summed E-state index contributed by atoms with van der Waals surface area (Å²) in [6.45, 7) is 15.7. The summed E-state index contributed by atoms with van der Waals surface area (Å²) in [6.07, 6.45) is 1.60. The van der Waals surface area contributed by atoms with Crippen LogP contribution < -0.4 is 5.32 Å². The van der Waals surface area contributed by atoms with E-state index in [2.05, 4.69) is 46.9 Å². The number of hydrogen-bond donors (Lipinski definition) is 1. The molecule has 1 atom stereocenters. The average Bonchev–Trinajstić information content (AvgIpc) is 3.13. The Morgan fingerprint density at radius 3 is 2.29 bits per heavy atom. The molecule has 1 N–H and O–H groups in total. The minimum absolute atomic E-state index is 0.00717. The summed E-state index contributed by atoms with van der Waals surface area (Å²) in [6, 6.07) is 9.58. The Morgan fingerprint density at radius 1 is 1.06 bits per heavy atom. The third-order valence-electron chi connectivity index (χ3n) is 5.74. The number of aryl methyl sites for hydroxylation is 1. The zero-order valence-electron chi connectivity index (χ0n) is 20.0. The van der Waals surface area contributed by atoms with Crippen molar-refractivity contribution < 1.29 is 9.59 Å². The van der Waals surface area contributed by atoms with E-state index in [9.17, 15) is 9.59 Å². The Balaban J connectivity index is 1.75. The molecule has 168 valence electrons. The molecule has 0 spiro atoms. The molecule has 0 bridgehead atoms. The van der Waals surface area contributed by atoms with Crippen molar-refractivity contribution in [1.29, 1.82) is 0 Å². The molecular weight excluding hydrogens is 388 g/mol. The molecule has 3 rings (SSSR count). The quantitative estimate of drug-likeness (QED) is 0.774. The van der Waals surface area contributed by atoms with Gasteiger partial charge in [0.1, 0.15) is 5.82 Å². The van der Waals surface area contributed by atoms with E-state index in [0.717, 1.165) is 24.1 Å². The molecule has 1 aliphatic heterocycles. The Hall–Kier alpha value is -2.63. The molecule has 1 fully saturated rings. The van der Waals surface area contributed by atoms with E-state index in [-0.39, 0.29) is 28.7 Å². The van der Waals surface area contributed by atoms with Gasteiger partial charge in [-0.25, -0.2) is 4.68 Å². The summed E-state index contributed by atoms with van der Waals surface area (Å²) >= 11 is 0. The number of amides is 2. The lowest BCUT2D eigenvalue weighted by atomic mass is 9.92. The van der Waals surface area contributed by atoms with Crippen molar-refractivity contribution in [3.63, 3.8) is 0 Å². The maximum Gasteiger partial charge on any atom is 0.253 e. The third-order valence-corrected chi connectivity index (χ3v) is 5.74. The van der Waals surface area contributed by atoms with Crippen LogP contribution in [0.25, 0.3) is 0 Å². The van der Waals surface area contributed by atoms with Gasteiger partial charge in [0.25, 0.3) is 5.91 Å². The zero-order chi connectivity index (χ0) is 23.0. The summed E-state index contributed by atoms with van der Waals surface area (Å²) < 4.78 is 1.89. The number of benzene rings is 1. The molecule has 0 saturated carbocycles. The lowest BCUT2D eigenvalue weighted by Crippen LogP contribution is -2.44. The van der Waals surface area contributed by atoms with Crippen LogP contribution in [0, 0.1) is 12.8 Å². The van der Waals surface area contributed by atoms with Gasteiger partial charge in [-0.3, -0.25) is 9.59 Å². The number of anilines is 1. The Labute approximate surface area is 186 Å². The normalized spacial score (nSPS) is 17.5. The van der Waals surface area contributed by atoms with Crippen LogP contribution in [-0.4, -0.2) is 39.6 Å². The summed E-state index contributed by atoms with van der Waals surface area (Å²) in [4.78, 5) is 27.9. The first-order valence-corrected chi connectivity index (χ1v) is 11.1. The van der Waals surface area contributed by atoms with E-state index < -0.39 is 0 Å². The highest BCUT2D eigenvalue weighted by molar-refractivity contribution is 5.96. The average molecular weight is 425 g/mol. The largest absolute Gasteiger partial charge is 0.338 e. The highest BCUT2D eigenvalue weighted by Crippen LogP contribution is 2.29. The molecule has 2 aromatic rings. The standard InChI is InChI=1S/C25H36N4O2/c1-17-10-12-18(13-11-17)23(31)28-14-8-9-19(16-28)22(30)26-21-15-20(24(2,3)4)27-29(21)25(5,6)7/h10-13,15,19H,8-9,14,16H2,1-7H3,(H,26,30). The van der Waals surface area contributed by atoms with Gasteiger partial charge in [-0.2, -0.15) is 5.10 Å². The number of piperidine rings is 1. The molecule has 0 aliphatic carbocycles. The Kier molecular flexibility index (Phi) is 6.30. The minimum Gasteiger partial charge on any atom is -0.338 e. The van der Waals surface area contributed by atoms with Gasteiger partial charge >= 0.3 is 0 Å². The first kappa shape index (κ1) is 23.0. The van der Waals surface area contributed by atoms with Crippen molar-refractivity contribution in [2.45, 2.75) is 72.3 Å². The van der Waals surface area contributed by atoms with Crippen molar-refractivity contribution in [2.24, 2.45) is 5.92 Å². The van der Waals surface area contributed by atoms with E-state index in [1.807, 2.05) is 41.9 Å². The van der Waals surface area contributed by atoms with E-state index in [0.29, 0.717) is 24.5 Å². The number of carbonyl (C=O) groups excluding carboxylic acids is 2. The molecule has 1 aromatic carbocycles. The van der Waals surface area contributed by atoms with Gasteiger partial charge in [0, 0.05) is 30.1 Å². The molecule has 6 heteroatoms. The van der Waals surface area contributed by atoms with Crippen LogP contribution in [-0.2, 0) is 15.7 Å². The molecule has 1 aromatic heterocycles. The van der Waals surface area contributed by atoms with Crippen molar-refractivity contribution in [2.75, 3.05) is 18.4 Å². The number of rotatable bonds is 3. The van der Waals surface area contributed by atoms with Crippen LogP contribution in [0.5, 0.6) is 0 Å². The number of likely N-dealkylation sites (tertiary alicyclic amines) is 1. The minimum atomic E-state index is -0.258. The smallest absolute Gasteiger partial charge is 0.253 e. The SMILES string of the molecule is Cc1ccc(C(=O)N2CCCC(C(=O)Nc3cc(C(C)(C)C)nn3C(C)(C)C)C2)cc1. The molecule has 2 heterocycles. The molecular formula is C25H36N4O2. The van der Waals surface area contributed by atoms with Crippen LogP contribution >= 0.6 is 0 Å². The topological polar surface area (TPSA) is 67.2 Å².